The Morgan fingerprint density at radius 1 is 1.00 bits per heavy atom. The zero-order valence-corrected chi connectivity index (χ0v) is 26.5. The molecule has 2 aromatic carbocycles. The summed E-state index contributed by atoms with van der Waals surface area (Å²) in [4.78, 5) is 58.3. The summed E-state index contributed by atoms with van der Waals surface area (Å²) in [6.45, 7) is 5.60. The van der Waals surface area contributed by atoms with E-state index in [1.54, 1.807) is 44.3 Å². The Morgan fingerprint density at radius 2 is 1.65 bits per heavy atom. The van der Waals surface area contributed by atoms with Crippen molar-refractivity contribution in [1.29, 1.82) is 0 Å². The maximum absolute atomic E-state index is 12.7. The molecule has 0 aliphatic rings. The van der Waals surface area contributed by atoms with Gasteiger partial charge in [0, 0.05) is 18.2 Å². The van der Waals surface area contributed by atoms with Crippen molar-refractivity contribution >= 4 is 44.9 Å². The fraction of sp³-hybridized carbons (Fsp3) is 0.323. The number of carbonyl (C=O) groups excluding carboxylic acids is 3. The van der Waals surface area contributed by atoms with Crippen molar-refractivity contribution in [3.63, 3.8) is 0 Å². The summed E-state index contributed by atoms with van der Waals surface area (Å²) in [6.07, 6.45) is 3.00. The Kier molecular flexibility index (Phi) is 12.6. The van der Waals surface area contributed by atoms with Gasteiger partial charge in [0.05, 0.1) is 23.5 Å². The number of nitrogens with two attached hydrogens (primary N) is 1. The van der Waals surface area contributed by atoms with E-state index in [1.807, 2.05) is 19.1 Å². The third kappa shape index (κ3) is 10.3. The minimum Gasteiger partial charge on any atom is -0.466 e. The SMILES string of the molecule is CCOC(=O)CC[C@@H](NC(=O)c1ccc(CCc2c[nH]c3nc(N)[nH]c(=O)c23)cc1)C(=O)OCC.Cc1ccc(S(=O)(=O)O)cc1. The Hall–Kier alpha value is -5.02. The number of hydrogen-bond donors (Lipinski definition) is 5. The van der Waals surface area contributed by atoms with Gasteiger partial charge < -0.3 is 25.5 Å². The summed E-state index contributed by atoms with van der Waals surface area (Å²) in [5, 5.41) is 3.11. The van der Waals surface area contributed by atoms with E-state index < -0.39 is 34.0 Å². The number of H-pyrrole nitrogens is 2. The number of aryl methyl sites for hydroxylation is 3. The maximum Gasteiger partial charge on any atom is 0.328 e. The molecule has 4 rings (SSSR count). The monoisotopic (exact) mass is 655 g/mol. The summed E-state index contributed by atoms with van der Waals surface area (Å²) in [7, 11) is -4.02. The molecule has 0 saturated carbocycles. The van der Waals surface area contributed by atoms with Crippen LogP contribution >= 0.6 is 0 Å². The number of nitrogen functional groups attached to an aromatic ring is 1. The molecule has 0 spiro atoms. The highest BCUT2D eigenvalue weighted by Gasteiger charge is 2.24. The number of nitrogens with one attached hydrogen (secondary N) is 3. The van der Waals surface area contributed by atoms with Gasteiger partial charge in [0.15, 0.2) is 0 Å². The van der Waals surface area contributed by atoms with E-state index in [4.69, 9.17) is 19.8 Å². The van der Waals surface area contributed by atoms with Crippen LogP contribution in [0.15, 0.2) is 64.4 Å². The molecule has 0 radical (unpaired) electrons. The van der Waals surface area contributed by atoms with Crippen molar-refractivity contribution in [1.82, 2.24) is 20.3 Å². The van der Waals surface area contributed by atoms with Gasteiger partial charge in [-0.1, -0.05) is 29.8 Å². The minimum atomic E-state index is -4.02. The lowest BCUT2D eigenvalue weighted by molar-refractivity contribution is -0.146. The van der Waals surface area contributed by atoms with Gasteiger partial charge in [-0.05, 0) is 75.4 Å². The number of nitrogens with zero attached hydrogens (tertiary/aromatic N) is 1. The molecule has 246 valence electrons. The summed E-state index contributed by atoms with van der Waals surface area (Å²) in [5.74, 6) is -1.45. The number of carbonyl (C=O) groups is 3. The lowest BCUT2D eigenvalue weighted by atomic mass is 10.0. The van der Waals surface area contributed by atoms with Crippen LogP contribution in [0.1, 0.15) is 53.7 Å². The van der Waals surface area contributed by atoms with Crippen LogP contribution in [0.25, 0.3) is 11.0 Å². The molecule has 2 heterocycles. The molecule has 14 nitrogen and oxygen atoms in total. The van der Waals surface area contributed by atoms with Gasteiger partial charge in [-0.2, -0.15) is 13.4 Å². The van der Waals surface area contributed by atoms with Crippen molar-refractivity contribution in [2.75, 3.05) is 18.9 Å². The van der Waals surface area contributed by atoms with Gasteiger partial charge in [0.25, 0.3) is 21.6 Å². The van der Waals surface area contributed by atoms with Crippen LogP contribution in [0.4, 0.5) is 5.95 Å². The number of ether oxygens (including phenoxy) is 2. The molecule has 0 fully saturated rings. The molecule has 0 aliphatic heterocycles. The second-order valence-corrected chi connectivity index (χ2v) is 11.5. The van der Waals surface area contributed by atoms with Crippen LogP contribution in [0.5, 0.6) is 0 Å². The van der Waals surface area contributed by atoms with Crippen LogP contribution in [-0.2, 0) is 42.0 Å². The van der Waals surface area contributed by atoms with Crippen molar-refractivity contribution in [2.45, 2.75) is 57.4 Å². The highest BCUT2D eigenvalue weighted by atomic mass is 32.2. The summed E-state index contributed by atoms with van der Waals surface area (Å²) in [6, 6.07) is 11.9. The van der Waals surface area contributed by atoms with E-state index in [-0.39, 0.29) is 42.5 Å². The smallest absolute Gasteiger partial charge is 0.328 e. The molecule has 0 unspecified atom stereocenters. The van der Waals surface area contributed by atoms with E-state index in [1.165, 1.54) is 12.1 Å². The van der Waals surface area contributed by atoms with Crippen LogP contribution in [0.2, 0.25) is 0 Å². The van der Waals surface area contributed by atoms with Gasteiger partial charge >= 0.3 is 11.9 Å². The molecule has 1 amide bonds. The Balaban J connectivity index is 0.000000441. The molecule has 0 bridgehead atoms. The van der Waals surface area contributed by atoms with Crippen LogP contribution in [0, 0.1) is 6.92 Å². The highest BCUT2D eigenvalue weighted by molar-refractivity contribution is 7.85. The third-order valence-corrected chi connectivity index (χ3v) is 7.55. The minimum absolute atomic E-state index is 0.0185. The summed E-state index contributed by atoms with van der Waals surface area (Å²) >= 11 is 0. The van der Waals surface area contributed by atoms with Crippen LogP contribution < -0.4 is 16.6 Å². The molecular weight excluding hydrogens is 618 g/mol. The first-order chi connectivity index (χ1) is 21.8. The number of esters is 2. The van der Waals surface area contributed by atoms with E-state index >= 15 is 0 Å². The van der Waals surface area contributed by atoms with Crippen LogP contribution in [-0.4, -0.2) is 65.0 Å². The molecule has 15 heteroatoms. The zero-order valence-electron chi connectivity index (χ0n) is 25.7. The molecule has 1 atom stereocenters. The summed E-state index contributed by atoms with van der Waals surface area (Å²) in [5.41, 5.74) is 8.81. The van der Waals surface area contributed by atoms with E-state index in [0.29, 0.717) is 29.4 Å². The number of aromatic nitrogens is 3. The first-order valence-corrected chi connectivity index (χ1v) is 15.9. The lowest BCUT2D eigenvalue weighted by Crippen LogP contribution is -2.42. The average molecular weight is 656 g/mol. The zero-order chi connectivity index (χ0) is 33.9. The predicted octanol–water partition coefficient (Wildman–Crippen LogP) is 2.87. The predicted molar refractivity (Wildman–Crippen MR) is 170 cm³/mol. The van der Waals surface area contributed by atoms with Gasteiger partial charge in [-0.15, -0.1) is 0 Å². The molecule has 6 N–H and O–H groups in total. The number of rotatable bonds is 12. The van der Waals surface area contributed by atoms with E-state index in [0.717, 1.165) is 16.7 Å². The van der Waals surface area contributed by atoms with Gasteiger partial charge in [0.2, 0.25) is 5.95 Å². The fourth-order valence-corrected chi connectivity index (χ4v) is 4.84. The molecule has 4 aromatic rings. The Labute approximate surface area is 265 Å². The van der Waals surface area contributed by atoms with Crippen molar-refractivity contribution in [3.8, 4) is 0 Å². The van der Waals surface area contributed by atoms with Crippen molar-refractivity contribution in [3.05, 3.63) is 87.3 Å². The quantitative estimate of drug-likeness (QED) is 0.110. The van der Waals surface area contributed by atoms with Crippen molar-refractivity contribution < 1.29 is 36.8 Å². The number of fused-ring (bicyclic) bond motifs is 1. The lowest BCUT2D eigenvalue weighted by Gasteiger charge is -2.17. The van der Waals surface area contributed by atoms with E-state index in [2.05, 4.69) is 20.3 Å². The molecule has 46 heavy (non-hydrogen) atoms. The number of anilines is 1. The molecule has 0 aliphatic carbocycles. The van der Waals surface area contributed by atoms with Crippen molar-refractivity contribution in [2.24, 2.45) is 0 Å². The third-order valence-electron chi connectivity index (χ3n) is 6.68. The normalized spacial score (nSPS) is 11.7. The fourth-order valence-electron chi connectivity index (χ4n) is 4.36. The Morgan fingerprint density at radius 3 is 2.26 bits per heavy atom. The summed E-state index contributed by atoms with van der Waals surface area (Å²) < 4.78 is 39.5. The Bertz CT molecular complexity index is 1820. The maximum atomic E-state index is 12.7. The number of aromatic amines is 2. The number of benzene rings is 2. The molecular formula is C31H37N5O9S. The van der Waals surface area contributed by atoms with Gasteiger partial charge in [0.1, 0.15) is 11.7 Å². The highest BCUT2D eigenvalue weighted by Crippen LogP contribution is 2.16. The van der Waals surface area contributed by atoms with Gasteiger partial charge in [-0.3, -0.25) is 23.9 Å². The largest absolute Gasteiger partial charge is 0.466 e. The van der Waals surface area contributed by atoms with Gasteiger partial charge in [-0.25, -0.2) is 4.79 Å². The first-order valence-electron chi connectivity index (χ1n) is 14.4. The number of hydrogen-bond acceptors (Lipinski definition) is 10. The topological polar surface area (TPSA) is 224 Å². The molecule has 0 saturated heterocycles. The number of amides is 1. The molecule has 2 aromatic heterocycles. The second-order valence-electron chi connectivity index (χ2n) is 10.1. The second kappa shape index (κ2) is 16.3. The van der Waals surface area contributed by atoms with Crippen LogP contribution in [0.3, 0.4) is 0 Å². The first kappa shape index (κ1) is 35.5. The average Bonchev–Trinajstić information content (AvgIpc) is 3.41. The van der Waals surface area contributed by atoms with E-state index in [9.17, 15) is 27.6 Å². The standard InChI is InChI=1S/C24H29N5O6.C7H8O3S/c1-3-34-18(30)12-11-17(23(33)35-4-2)27-21(31)15-8-5-14(6-9-15)7-10-16-13-26-20-19(16)22(32)29-24(25)28-20;1-6-2-4-7(5-3-6)11(8,9)10/h5-6,8-9,13,17H,3-4,7,10-12H2,1-2H3,(H,27,31)(H4,25,26,28,29,32);2-5H,1H3,(H,8,9,10)/t17-;/m1./s1.